The molecule has 3 aromatic rings. The molecule has 1 unspecified atom stereocenters. The van der Waals surface area contributed by atoms with Crippen molar-refractivity contribution >= 4 is 21.3 Å². The number of amides is 1. The summed E-state index contributed by atoms with van der Waals surface area (Å²) in [5, 5.41) is 0. The molecule has 6 heteroatoms. The first-order valence-corrected chi connectivity index (χ1v) is 11.7. The number of aromatic nitrogens is 1. The molecule has 156 valence electrons. The Morgan fingerprint density at radius 3 is 2.13 bits per heavy atom. The molecule has 1 amide bonds. The summed E-state index contributed by atoms with van der Waals surface area (Å²) in [5.41, 5.74) is 4.76. The zero-order chi connectivity index (χ0) is 21.7. The fourth-order valence-electron chi connectivity index (χ4n) is 3.15. The van der Waals surface area contributed by atoms with Crippen LogP contribution in [-0.2, 0) is 20.9 Å². The van der Waals surface area contributed by atoms with Crippen molar-refractivity contribution < 1.29 is 9.00 Å². The predicted molar refractivity (Wildman–Crippen MR) is 122 cm³/mol. The summed E-state index contributed by atoms with van der Waals surface area (Å²) >= 11 is 0. The van der Waals surface area contributed by atoms with E-state index in [2.05, 4.69) is 4.98 Å². The number of nitrogens with zero attached hydrogens (tertiary/aromatic N) is 2. The number of nitrogens with one attached hydrogen (secondary N) is 1. The number of hydrogen-bond donors (Lipinski definition) is 1. The van der Waals surface area contributed by atoms with Gasteiger partial charge in [-0.25, -0.2) is 8.99 Å². The number of anilines is 1. The molecule has 0 bridgehead atoms. The highest BCUT2D eigenvalue weighted by Gasteiger charge is 2.12. The van der Waals surface area contributed by atoms with E-state index in [-0.39, 0.29) is 11.7 Å². The van der Waals surface area contributed by atoms with Gasteiger partial charge in [-0.2, -0.15) is 0 Å². The van der Waals surface area contributed by atoms with Crippen molar-refractivity contribution in [3.8, 4) is 11.1 Å². The summed E-state index contributed by atoms with van der Waals surface area (Å²) in [7, 11) is -1.10. The maximum Gasteiger partial charge on any atom is 0.226 e. The second-order valence-corrected chi connectivity index (χ2v) is 9.54. The van der Waals surface area contributed by atoms with Crippen LogP contribution < -0.4 is 4.90 Å². The van der Waals surface area contributed by atoms with Crippen LogP contribution in [0.5, 0.6) is 0 Å². The summed E-state index contributed by atoms with van der Waals surface area (Å²) in [6.45, 7) is 3.77. The largest absolute Gasteiger partial charge is 0.316 e. The Kier molecular flexibility index (Phi) is 6.67. The molecule has 0 aliphatic heterocycles. The Bertz CT molecular complexity index is 1100. The molecule has 0 fully saturated rings. The normalized spacial score (nSPS) is 12.9. The Balaban J connectivity index is 1.70. The van der Waals surface area contributed by atoms with E-state index in [1.54, 1.807) is 30.3 Å². The van der Waals surface area contributed by atoms with Gasteiger partial charge in [0.05, 0.1) is 9.73 Å². The van der Waals surface area contributed by atoms with Gasteiger partial charge in [-0.05, 0) is 60.4 Å². The van der Waals surface area contributed by atoms with Crippen molar-refractivity contribution in [1.82, 2.24) is 4.98 Å². The van der Waals surface area contributed by atoms with E-state index in [1.807, 2.05) is 62.4 Å². The number of carbonyl (C=O) groups is 1. The van der Waals surface area contributed by atoms with Gasteiger partial charge in [-0.15, -0.1) is 0 Å². The van der Waals surface area contributed by atoms with Gasteiger partial charge in [0.1, 0.15) is 0 Å². The molecular formula is C24H27N3O2S. The fraction of sp³-hybridized carbons (Fsp3) is 0.250. The first-order chi connectivity index (χ1) is 14.3. The third kappa shape index (κ3) is 5.13. The first-order valence-electron chi connectivity index (χ1n) is 9.95. The lowest BCUT2D eigenvalue weighted by atomic mass is 10.1. The minimum atomic E-state index is -2.87. The SMILES string of the molecule is CCC(=O)N(C)c1ccc(-c2ccc(S(=N)(=O)CCc3ccc(C)nc3)cc2)cc1. The number of pyridine rings is 1. The second-order valence-electron chi connectivity index (χ2n) is 7.31. The van der Waals surface area contributed by atoms with Gasteiger partial charge in [0.15, 0.2) is 0 Å². The standard InChI is InChI=1S/C24H27N3O2S/c1-4-24(28)27(3)22-11-7-20(8-12-22)21-9-13-23(14-10-21)30(25,29)16-15-19-6-5-18(2)26-17-19/h5-14,17,25H,4,15-16H2,1-3H3. The van der Waals surface area contributed by atoms with Gasteiger partial charge in [0, 0.05) is 41.7 Å². The summed E-state index contributed by atoms with van der Waals surface area (Å²) in [6.07, 6.45) is 2.80. The minimum absolute atomic E-state index is 0.0683. The molecule has 5 nitrogen and oxygen atoms in total. The smallest absolute Gasteiger partial charge is 0.226 e. The molecule has 30 heavy (non-hydrogen) atoms. The van der Waals surface area contributed by atoms with Crippen molar-refractivity contribution in [2.75, 3.05) is 17.7 Å². The van der Waals surface area contributed by atoms with E-state index in [0.717, 1.165) is 28.1 Å². The summed E-state index contributed by atoms with van der Waals surface area (Å²) in [6, 6.07) is 19.0. The minimum Gasteiger partial charge on any atom is -0.316 e. The molecule has 0 saturated heterocycles. The Labute approximate surface area is 178 Å². The molecule has 0 spiro atoms. The van der Waals surface area contributed by atoms with Crippen molar-refractivity contribution in [1.29, 1.82) is 4.78 Å². The van der Waals surface area contributed by atoms with Crippen LogP contribution in [0.25, 0.3) is 11.1 Å². The average Bonchev–Trinajstić information content (AvgIpc) is 2.78. The molecular weight excluding hydrogens is 394 g/mol. The zero-order valence-electron chi connectivity index (χ0n) is 17.6. The summed E-state index contributed by atoms with van der Waals surface area (Å²) < 4.78 is 21.2. The van der Waals surface area contributed by atoms with Crippen LogP contribution in [0.4, 0.5) is 5.69 Å². The average molecular weight is 422 g/mol. The maximum atomic E-state index is 12.9. The van der Waals surface area contributed by atoms with Crippen LogP contribution in [0.15, 0.2) is 71.8 Å². The van der Waals surface area contributed by atoms with Crippen LogP contribution in [-0.4, -0.2) is 27.9 Å². The lowest BCUT2D eigenvalue weighted by Crippen LogP contribution is -2.24. The van der Waals surface area contributed by atoms with E-state index < -0.39 is 9.73 Å². The third-order valence-electron chi connectivity index (χ3n) is 5.15. The van der Waals surface area contributed by atoms with Crippen molar-refractivity contribution in [2.45, 2.75) is 31.6 Å². The van der Waals surface area contributed by atoms with Crippen LogP contribution in [0, 0.1) is 11.7 Å². The highest BCUT2D eigenvalue weighted by molar-refractivity contribution is 7.92. The molecule has 0 radical (unpaired) electrons. The lowest BCUT2D eigenvalue weighted by molar-refractivity contribution is -0.118. The number of benzene rings is 2. The number of rotatable bonds is 7. The van der Waals surface area contributed by atoms with E-state index in [4.69, 9.17) is 4.78 Å². The van der Waals surface area contributed by atoms with Crippen LogP contribution in [0.2, 0.25) is 0 Å². The van der Waals surface area contributed by atoms with E-state index in [0.29, 0.717) is 17.7 Å². The Morgan fingerprint density at radius 2 is 1.60 bits per heavy atom. The molecule has 3 rings (SSSR count). The summed E-state index contributed by atoms with van der Waals surface area (Å²) in [5.74, 6) is 0.336. The lowest BCUT2D eigenvalue weighted by Gasteiger charge is -2.17. The summed E-state index contributed by atoms with van der Waals surface area (Å²) in [4.78, 5) is 18.3. The quantitative estimate of drug-likeness (QED) is 0.578. The molecule has 0 saturated carbocycles. The number of aryl methyl sites for hydroxylation is 2. The molecule has 1 heterocycles. The number of carbonyl (C=O) groups excluding carboxylic acids is 1. The number of hydrogen-bond acceptors (Lipinski definition) is 4. The molecule has 1 aromatic heterocycles. The highest BCUT2D eigenvalue weighted by Crippen LogP contribution is 2.25. The van der Waals surface area contributed by atoms with Gasteiger partial charge >= 0.3 is 0 Å². The van der Waals surface area contributed by atoms with Gasteiger partial charge in [-0.1, -0.05) is 37.3 Å². The van der Waals surface area contributed by atoms with Crippen molar-refractivity contribution in [3.63, 3.8) is 0 Å². The fourth-order valence-corrected chi connectivity index (χ4v) is 4.49. The van der Waals surface area contributed by atoms with E-state index in [9.17, 15) is 9.00 Å². The molecule has 0 aliphatic carbocycles. The van der Waals surface area contributed by atoms with Crippen LogP contribution in [0.1, 0.15) is 24.6 Å². The van der Waals surface area contributed by atoms with Gasteiger partial charge in [0.25, 0.3) is 0 Å². The topological polar surface area (TPSA) is 74.1 Å². The van der Waals surface area contributed by atoms with Crippen LogP contribution in [0.3, 0.4) is 0 Å². The first kappa shape index (κ1) is 21.7. The van der Waals surface area contributed by atoms with Crippen molar-refractivity contribution in [2.24, 2.45) is 0 Å². The maximum absolute atomic E-state index is 12.9. The van der Waals surface area contributed by atoms with Crippen molar-refractivity contribution in [3.05, 3.63) is 78.1 Å². The molecule has 2 aromatic carbocycles. The second kappa shape index (κ2) is 9.22. The highest BCUT2D eigenvalue weighted by atomic mass is 32.2. The van der Waals surface area contributed by atoms with Gasteiger partial charge in [-0.3, -0.25) is 9.78 Å². The zero-order valence-corrected chi connectivity index (χ0v) is 18.4. The van der Waals surface area contributed by atoms with E-state index >= 15 is 0 Å². The van der Waals surface area contributed by atoms with E-state index in [1.165, 1.54) is 0 Å². The third-order valence-corrected chi connectivity index (χ3v) is 6.96. The monoisotopic (exact) mass is 421 g/mol. The van der Waals surface area contributed by atoms with Crippen LogP contribution >= 0.6 is 0 Å². The van der Waals surface area contributed by atoms with Gasteiger partial charge in [0.2, 0.25) is 5.91 Å². The molecule has 1 atom stereocenters. The van der Waals surface area contributed by atoms with Gasteiger partial charge < -0.3 is 4.90 Å². The predicted octanol–water partition coefficient (Wildman–Crippen LogP) is 5.08. The Morgan fingerprint density at radius 1 is 1.00 bits per heavy atom. The molecule has 0 aliphatic rings. The molecule has 1 N–H and O–H groups in total. The Hall–Kier alpha value is -2.99.